The van der Waals surface area contributed by atoms with E-state index >= 15 is 0 Å². The van der Waals surface area contributed by atoms with Gasteiger partial charge in [0.2, 0.25) is 12.7 Å². The van der Waals surface area contributed by atoms with Crippen LogP contribution in [0.2, 0.25) is 5.02 Å². The van der Waals surface area contributed by atoms with Crippen LogP contribution < -0.4 is 20.5 Å². The Bertz CT molecular complexity index is 701. The molecule has 110 valence electrons. The van der Waals surface area contributed by atoms with E-state index < -0.39 is 6.04 Å². The van der Waals surface area contributed by atoms with Crippen LogP contribution in [-0.4, -0.2) is 22.5 Å². The summed E-state index contributed by atoms with van der Waals surface area (Å²) in [6.45, 7) is 0.137. The van der Waals surface area contributed by atoms with Gasteiger partial charge in [0.1, 0.15) is 6.04 Å². The summed E-state index contributed by atoms with van der Waals surface area (Å²) in [5.41, 5.74) is 6.94. The molecule has 0 saturated carbocycles. The standard InChI is InChI=1S/C13H13ClN4O3/c1-18-5-7(4-16-18)12(15)13(19)17-9-3-11-10(2-8(9)14)20-6-21-11/h2-5,12H,6,15H2,1H3,(H,17,19). The SMILES string of the molecule is Cn1cc(C(N)C(=O)Nc2cc3c(cc2Cl)OCO3)cn1. The average molecular weight is 309 g/mol. The maximum Gasteiger partial charge on any atom is 0.246 e. The highest BCUT2D eigenvalue weighted by molar-refractivity contribution is 6.34. The highest BCUT2D eigenvalue weighted by atomic mass is 35.5. The predicted octanol–water partition coefficient (Wildman–Crippen LogP) is 1.44. The minimum Gasteiger partial charge on any atom is -0.454 e. The van der Waals surface area contributed by atoms with E-state index in [9.17, 15) is 4.79 Å². The van der Waals surface area contributed by atoms with E-state index in [0.717, 1.165) is 0 Å². The van der Waals surface area contributed by atoms with Crippen LogP contribution in [0.5, 0.6) is 11.5 Å². The molecule has 0 bridgehead atoms. The van der Waals surface area contributed by atoms with Crippen LogP contribution in [-0.2, 0) is 11.8 Å². The molecule has 1 aliphatic rings. The number of carbonyl (C=O) groups excluding carboxylic acids is 1. The molecule has 1 aromatic heterocycles. The second kappa shape index (κ2) is 5.27. The Kier molecular flexibility index (Phi) is 3.44. The Morgan fingerprint density at radius 3 is 2.86 bits per heavy atom. The second-order valence-corrected chi connectivity index (χ2v) is 5.01. The van der Waals surface area contributed by atoms with Crippen molar-refractivity contribution in [1.29, 1.82) is 0 Å². The van der Waals surface area contributed by atoms with Crippen molar-refractivity contribution in [2.24, 2.45) is 12.8 Å². The highest BCUT2D eigenvalue weighted by Crippen LogP contribution is 2.39. The molecular weight excluding hydrogens is 296 g/mol. The predicted molar refractivity (Wildman–Crippen MR) is 76.3 cm³/mol. The Morgan fingerprint density at radius 2 is 2.19 bits per heavy atom. The normalized spacial score (nSPS) is 14.0. The number of nitrogens with one attached hydrogen (secondary N) is 1. The topological polar surface area (TPSA) is 91.4 Å². The van der Waals surface area contributed by atoms with Gasteiger partial charge in [-0.05, 0) is 0 Å². The highest BCUT2D eigenvalue weighted by Gasteiger charge is 2.21. The zero-order chi connectivity index (χ0) is 15.0. The fourth-order valence-corrected chi connectivity index (χ4v) is 2.18. The molecule has 1 unspecified atom stereocenters. The molecule has 0 aliphatic carbocycles. The van der Waals surface area contributed by atoms with Crippen molar-refractivity contribution in [2.75, 3.05) is 12.1 Å². The van der Waals surface area contributed by atoms with Crippen LogP contribution in [0.4, 0.5) is 5.69 Å². The number of aryl methyl sites for hydroxylation is 1. The number of carbonyl (C=O) groups is 1. The molecule has 1 aliphatic heterocycles. The molecule has 0 fully saturated rings. The third-order valence-corrected chi connectivity index (χ3v) is 3.40. The number of ether oxygens (including phenoxy) is 2. The quantitative estimate of drug-likeness (QED) is 0.895. The van der Waals surface area contributed by atoms with E-state index in [-0.39, 0.29) is 12.7 Å². The number of anilines is 1. The van der Waals surface area contributed by atoms with Crippen LogP contribution in [0.15, 0.2) is 24.5 Å². The zero-order valence-corrected chi connectivity index (χ0v) is 11.9. The number of rotatable bonds is 3. The molecule has 3 N–H and O–H groups in total. The molecule has 3 rings (SSSR count). The molecule has 8 heteroatoms. The lowest BCUT2D eigenvalue weighted by Gasteiger charge is -2.12. The molecule has 1 aromatic carbocycles. The number of amides is 1. The Labute approximate surface area is 125 Å². The number of benzene rings is 1. The maximum atomic E-state index is 12.2. The van der Waals surface area contributed by atoms with Crippen molar-refractivity contribution >= 4 is 23.2 Å². The Balaban J connectivity index is 1.78. The molecular formula is C13H13ClN4O3. The number of hydrogen-bond acceptors (Lipinski definition) is 5. The van der Waals surface area contributed by atoms with Crippen molar-refractivity contribution < 1.29 is 14.3 Å². The number of aromatic nitrogens is 2. The van der Waals surface area contributed by atoms with Crippen molar-refractivity contribution in [2.45, 2.75) is 6.04 Å². The van der Waals surface area contributed by atoms with Crippen molar-refractivity contribution in [3.8, 4) is 11.5 Å². The first-order valence-corrected chi connectivity index (χ1v) is 6.56. The lowest BCUT2D eigenvalue weighted by atomic mass is 10.1. The molecule has 0 spiro atoms. The Morgan fingerprint density at radius 1 is 1.48 bits per heavy atom. The lowest BCUT2D eigenvalue weighted by Crippen LogP contribution is -2.27. The average Bonchev–Trinajstić information content (AvgIpc) is 3.06. The van der Waals surface area contributed by atoms with Gasteiger partial charge in [-0.2, -0.15) is 5.10 Å². The summed E-state index contributed by atoms with van der Waals surface area (Å²) in [6, 6.07) is 2.37. The lowest BCUT2D eigenvalue weighted by molar-refractivity contribution is -0.117. The molecule has 7 nitrogen and oxygen atoms in total. The van der Waals surface area contributed by atoms with E-state index in [0.29, 0.717) is 27.8 Å². The van der Waals surface area contributed by atoms with Gasteiger partial charge in [-0.1, -0.05) is 11.6 Å². The Hall–Kier alpha value is -2.25. The van der Waals surface area contributed by atoms with E-state index in [2.05, 4.69) is 10.4 Å². The molecule has 2 aromatic rings. The third kappa shape index (κ3) is 2.65. The van der Waals surface area contributed by atoms with Crippen LogP contribution in [0.3, 0.4) is 0 Å². The first-order chi connectivity index (χ1) is 10.0. The number of hydrogen-bond donors (Lipinski definition) is 2. The van der Waals surface area contributed by atoms with E-state index in [4.69, 9.17) is 26.8 Å². The molecule has 2 heterocycles. The van der Waals surface area contributed by atoms with Gasteiger partial charge >= 0.3 is 0 Å². The fraction of sp³-hybridized carbons (Fsp3) is 0.231. The first-order valence-electron chi connectivity index (χ1n) is 6.19. The third-order valence-electron chi connectivity index (χ3n) is 3.09. The van der Waals surface area contributed by atoms with Gasteiger partial charge in [0, 0.05) is 30.9 Å². The second-order valence-electron chi connectivity index (χ2n) is 4.60. The van der Waals surface area contributed by atoms with E-state index in [1.54, 1.807) is 36.3 Å². The van der Waals surface area contributed by atoms with E-state index in [1.807, 2.05) is 0 Å². The summed E-state index contributed by atoms with van der Waals surface area (Å²) in [6.07, 6.45) is 3.23. The van der Waals surface area contributed by atoms with Gasteiger partial charge in [0.05, 0.1) is 16.9 Å². The molecule has 21 heavy (non-hydrogen) atoms. The van der Waals surface area contributed by atoms with Crippen LogP contribution >= 0.6 is 11.6 Å². The van der Waals surface area contributed by atoms with Crippen molar-refractivity contribution in [3.63, 3.8) is 0 Å². The molecule has 1 atom stereocenters. The maximum absolute atomic E-state index is 12.2. The number of fused-ring (bicyclic) bond motifs is 1. The van der Waals surface area contributed by atoms with Gasteiger partial charge in [-0.15, -0.1) is 0 Å². The summed E-state index contributed by atoms with van der Waals surface area (Å²) < 4.78 is 12.0. The fourth-order valence-electron chi connectivity index (χ4n) is 1.98. The van der Waals surface area contributed by atoms with Gasteiger partial charge in [0.25, 0.3) is 0 Å². The van der Waals surface area contributed by atoms with Gasteiger partial charge in [0.15, 0.2) is 11.5 Å². The van der Waals surface area contributed by atoms with Gasteiger partial charge < -0.3 is 20.5 Å². The molecule has 1 amide bonds. The first kappa shape index (κ1) is 13.7. The van der Waals surface area contributed by atoms with Crippen molar-refractivity contribution in [1.82, 2.24) is 9.78 Å². The monoisotopic (exact) mass is 308 g/mol. The summed E-state index contributed by atoms with van der Waals surface area (Å²) in [4.78, 5) is 12.2. The summed E-state index contributed by atoms with van der Waals surface area (Å²) in [7, 11) is 1.75. The van der Waals surface area contributed by atoms with E-state index in [1.165, 1.54) is 0 Å². The molecule has 0 radical (unpaired) electrons. The summed E-state index contributed by atoms with van der Waals surface area (Å²) in [5, 5.41) is 7.02. The zero-order valence-electron chi connectivity index (χ0n) is 11.2. The van der Waals surface area contributed by atoms with Crippen molar-refractivity contribution in [3.05, 3.63) is 35.1 Å². The molecule has 0 saturated heterocycles. The summed E-state index contributed by atoms with van der Waals surface area (Å²) in [5.74, 6) is 0.697. The smallest absolute Gasteiger partial charge is 0.246 e. The van der Waals surface area contributed by atoms with Crippen LogP contribution in [0.25, 0.3) is 0 Å². The van der Waals surface area contributed by atoms with Gasteiger partial charge in [-0.3, -0.25) is 9.48 Å². The van der Waals surface area contributed by atoms with Gasteiger partial charge in [-0.25, -0.2) is 0 Å². The number of nitrogens with zero attached hydrogens (tertiary/aromatic N) is 2. The number of nitrogens with two attached hydrogens (primary N) is 1. The summed E-state index contributed by atoms with van der Waals surface area (Å²) >= 11 is 6.10. The van der Waals surface area contributed by atoms with Crippen LogP contribution in [0.1, 0.15) is 11.6 Å². The largest absolute Gasteiger partial charge is 0.454 e. The van der Waals surface area contributed by atoms with Crippen LogP contribution in [0, 0.1) is 0 Å². The minimum atomic E-state index is -0.833. The minimum absolute atomic E-state index is 0.137. The number of halogens is 1.